The second-order valence-corrected chi connectivity index (χ2v) is 7.48. The Hall–Kier alpha value is -2.93. The lowest BCUT2D eigenvalue weighted by Gasteiger charge is -2.23. The van der Waals surface area contributed by atoms with Crippen LogP contribution in [-0.4, -0.2) is 68.1 Å². The van der Waals surface area contributed by atoms with Crippen LogP contribution in [0.3, 0.4) is 0 Å². The number of methoxy groups -OCH3 is 1. The molecule has 7 nitrogen and oxygen atoms in total. The van der Waals surface area contributed by atoms with Crippen molar-refractivity contribution in [1.82, 2.24) is 9.80 Å². The molecule has 2 amide bonds. The number of rotatable bonds is 7. The normalized spacial score (nSPS) is 14.0. The fraction of sp³-hybridized carbons (Fsp3) is 0.391. The van der Waals surface area contributed by atoms with E-state index in [0.717, 1.165) is 0 Å². The fourth-order valence-corrected chi connectivity index (χ4v) is 3.63. The van der Waals surface area contributed by atoms with E-state index in [1.54, 1.807) is 34.1 Å². The third kappa shape index (κ3) is 5.82. The van der Waals surface area contributed by atoms with Crippen molar-refractivity contribution in [2.45, 2.75) is 13.3 Å². The highest BCUT2D eigenvalue weighted by Crippen LogP contribution is 2.27. The first kappa shape index (κ1) is 22.7. The number of benzene rings is 2. The van der Waals surface area contributed by atoms with Crippen molar-refractivity contribution in [2.75, 3.05) is 46.5 Å². The van der Waals surface area contributed by atoms with E-state index in [4.69, 9.17) is 25.8 Å². The third-order valence-electron chi connectivity index (χ3n) is 5.03. The molecular weight excluding hydrogens is 420 g/mol. The molecule has 1 fully saturated rings. The molecule has 0 N–H and O–H groups in total. The van der Waals surface area contributed by atoms with Crippen LogP contribution in [0.1, 0.15) is 23.7 Å². The molecule has 2 aromatic carbocycles. The zero-order valence-electron chi connectivity index (χ0n) is 17.8. The van der Waals surface area contributed by atoms with Gasteiger partial charge in [0.15, 0.2) is 18.1 Å². The minimum atomic E-state index is -0.157. The Kier molecular flexibility index (Phi) is 8.00. The highest BCUT2D eigenvalue weighted by Gasteiger charge is 2.25. The minimum Gasteiger partial charge on any atom is -0.496 e. The number of carbonyl (C=O) groups is 2. The van der Waals surface area contributed by atoms with E-state index in [9.17, 15) is 9.59 Å². The predicted molar refractivity (Wildman–Crippen MR) is 118 cm³/mol. The summed E-state index contributed by atoms with van der Waals surface area (Å²) >= 11 is 6.07. The molecule has 166 valence electrons. The van der Waals surface area contributed by atoms with E-state index in [2.05, 4.69) is 0 Å². The number of nitrogens with zero attached hydrogens (tertiary/aromatic N) is 2. The van der Waals surface area contributed by atoms with Crippen LogP contribution in [0.15, 0.2) is 42.5 Å². The number of para-hydroxylation sites is 2. The average molecular weight is 447 g/mol. The molecule has 0 aliphatic carbocycles. The standard InChI is InChI=1S/C23H27ClN2O5/c1-3-30-20-7-4-5-8-21(20)31-16-22(27)25-11-6-12-26(14-13-25)23(28)18-15-17(24)9-10-19(18)29-2/h4-5,7-10,15H,3,6,11-14,16H2,1-2H3. The summed E-state index contributed by atoms with van der Waals surface area (Å²) in [5.74, 6) is 1.35. The molecule has 1 aliphatic rings. The van der Waals surface area contributed by atoms with E-state index in [0.29, 0.717) is 67.0 Å². The van der Waals surface area contributed by atoms with Gasteiger partial charge in [-0.2, -0.15) is 0 Å². The van der Waals surface area contributed by atoms with Crippen molar-refractivity contribution in [3.63, 3.8) is 0 Å². The summed E-state index contributed by atoms with van der Waals surface area (Å²) < 4.78 is 16.5. The molecule has 0 spiro atoms. The van der Waals surface area contributed by atoms with Crippen LogP contribution in [0.2, 0.25) is 5.02 Å². The van der Waals surface area contributed by atoms with E-state index in [1.807, 2.05) is 25.1 Å². The van der Waals surface area contributed by atoms with Crippen molar-refractivity contribution in [3.05, 3.63) is 53.1 Å². The molecule has 0 aromatic heterocycles. The van der Waals surface area contributed by atoms with Crippen molar-refractivity contribution in [2.24, 2.45) is 0 Å². The van der Waals surface area contributed by atoms with Crippen molar-refractivity contribution in [1.29, 1.82) is 0 Å². The molecule has 2 aromatic rings. The second kappa shape index (κ2) is 10.9. The Morgan fingerprint density at radius 3 is 2.32 bits per heavy atom. The Bertz CT molecular complexity index is 921. The van der Waals surface area contributed by atoms with Gasteiger partial charge in [0.05, 0.1) is 19.3 Å². The zero-order chi connectivity index (χ0) is 22.2. The van der Waals surface area contributed by atoms with Crippen LogP contribution in [0, 0.1) is 0 Å². The maximum Gasteiger partial charge on any atom is 0.260 e. The lowest BCUT2D eigenvalue weighted by atomic mass is 10.1. The van der Waals surface area contributed by atoms with Crippen LogP contribution in [0.25, 0.3) is 0 Å². The van der Waals surface area contributed by atoms with Crippen LogP contribution in [0.4, 0.5) is 0 Å². The number of hydrogen-bond donors (Lipinski definition) is 0. The van der Waals surface area contributed by atoms with E-state index in [1.165, 1.54) is 7.11 Å². The van der Waals surface area contributed by atoms with Gasteiger partial charge in [0.2, 0.25) is 0 Å². The summed E-state index contributed by atoms with van der Waals surface area (Å²) in [6.45, 7) is 4.30. The molecule has 1 heterocycles. The molecule has 1 saturated heterocycles. The van der Waals surface area contributed by atoms with Gasteiger partial charge in [-0.15, -0.1) is 0 Å². The molecule has 0 saturated carbocycles. The number of hydrogen-bond acceptors (Lipinski definition) is 5. The van der Waals surface area contributed by atoms with Gasteiger partial charge in [-0.1, -0.05) is 23.7 Å². The zero-order valence-corrected chi connectivity index (χ0v) is 18.6. The first-order valence-corrected chi connectivity index (χ1v) is 10.7. The topological polar surface area (TPSA) is 68.3 Å². The van der Waals surface area contributed by atoms with Crippen molar-refractivity contribution < 1.29 is 23.8 Å². The second-order valence-electron chi connectivity index (χ2n) is 7.04. The summed E-state index contributed by atoms with van der Waals surface area (Å²) in [4.78, 5) is 29.2. The Morgan fingerprint density at radius 1 is 0.935 bits per heavy atom. The highest BCUT2D eigenvalue weighted by atomic mass is 35.5. The van der Waals surface area contributed by atoms with Gasteiger partial charge in [-0.25, -0.2) is 0 Å². The van der Waals surface area contributed by atoms with Gasteiger partial charge in [0.25, 0.3) is 11.8 Å². The largest absolute Gasteiger partial charge is 0.496 e. The first-order valence-electron chi connectivity index (χ1n) is 10.3. The SMILES string of the molecule is CCOc1ccccc1OCC(=O)N1CCCN(C(=O)c2cc(Cl)ccc2OC)CC1. The van der Waals surface area contributed by atoms with E-state index >= 15 is 0 Å². The van der Waals surface area contributed by atoms with Crippen LogP contribution < -0.4 is 14.2 Å². The molecule has 31 heavy (non-hydrogen) atoms. The maximum absolute atomic E-state index is 13.0. The maximum atomic E-state index is 13.0. The van der Waals surface area contributed by atoms with E-state index < -0.39 is 0 Å². The number of carbonyl (C=O) groups excluding carboxylic acids is 2. The van der Waals surface area contributed by atoms with Crippen LogP contribution in [0.5, 0.6) is 17.2 Å². The van der Waals surface area contributed by atoms with Gasteiger partial charge < -0.3 is 24.0 Å². The molecule has 0 unspecified atom stereocenters. The molecule has 0 radical (unpaired) electrons. The van der Waals surface area contributed by atoms with E-state index in [-0.39, 0.29) is 18.4 Å². The summed E-state index contributed by atoms with van der Waals surface area (Å²) in [5.41, 5.74) is 0.422. The summed E-state index contributed by atoms with van der Waals surface area (Å²) in [6.07, 6.45) is 0.676. The Labute approximate surface area is 187 Å². The van der Waals surface area contributed by atoms with Gasteiger partial charge in [0.1, 0.15) is 5.75 Å². The lowest BCUT2D eigenvalue weighted by molar-refractivity contribution is -0.133. The minimum absolute atomic E-state index is 0.0832. The van der Waals surface area contributed by atoms with Gasteiger partial charge in [-0.3, -0.25) is 9.59 Å². The fourth-order valence-electron chi connectivity index (χ4n) is 3.46. The summed E-state index contributed by atoms with van der Waals surface area (Å²) in [6, 6.07) is 12.3. The smallest absolute Gasteiger partial charge is 0.260 e. The highest BCUT2D eigenvalue weighted by molar-refractivity contribution is 6.31. The lowest BCUT2D eigenvalue weighted by Crippen LogP contribution is -2.39. The summed E-state index contributed by atoms with van der Waals surface area (Å²) in [7, 11) is 1.52. The molecule has 1 aliphatic heterocycles. The Morgan fingerprint density at radius 2 is 1.61 bits per heavy atom. The van der Waals surface area contributed by atoms with Crippen LogP contribution in [-0.2, 0) is 4.79 Å². The van der Waals surface area contributed by atoms with Gasteiger partial charge in [-0.05, 0) is 43.7 Å². The number of amides is 2. The average Bonchev–Trinajstić information content (AvgIpc) is 3.04. The van der Waals surface area contributed by atoms with Crippen molar-refractivity contribution in [3.8, 4) is 17.2 Å². The monoisotopic (exact) mass is 446 g/mol. The predicted octanol–water partition coefficient (Wildman–Crippen LogP) is 3.50. The molecule has 8 heteroatoms. The summed E-state index contributed by atoms with van der Waals surface area (Å²) in [5, 5.41) is 0.472. The Balaban J connectivity index is 1.59. The molecule has 3 rings (SSSR count). The molecule has 0 bridgehead atoms. The van der Waals surface area contributed by atoms with Crippen LogP contribution >= 0.6 is 11.6 Å². The first-order chi connectivity index (χ1) is 15.0. The number of ether oxygens (including phenoxy) is 3. The molecular formula is C23H27ClN2O5. The van der Waals surface area contributed by atoms with Gasteiger partial charge >= 0.3 is 0 Å². The van der Waals surface area contributed by atoms with Crippen molar-refractivity contribution >= 4 is 23.4 Å². The molecule has 0 atom stereocenters. The third-order valence-corrected chi connectivity index (χ3v) is 5.26. The number of halogens is 1. The quantitative estimate of drug-likeness (QED) is 0.651. The van der Waals surface area contributed by atoms with Gasteiger partial charge in [0, 0.05) is 31.2 Å².